The van der Waals surface area contributed by atoms with Crippen LogP contribution in [0.5, 0.6) is 0 Å². The van der Waals surface area contributed by atoms with Crippen molar-refractivity contribution >= 4 is 16.8 Å². The quantitative estimate of drug-likeness (QED) is 0.387. The van der Waals surface area contributed by atoms with Crippen molar-refractivity contribution in [1.82, 2.24) is 4.57 Å². The van der Waals surface area contributed by atoms with Gasteiger partial charge in [-0.05, 0) is 36.2 Å². The van der Waals surface area contributed by atoms with Gasteiger partial charge in [0.1, 0.15) is 8.24 Å². The van der Waals surface area contributed by atoms with E-state index >= 15 is 0 Å². The lowest BCUT2D eigenvalue weighted by Gasteiger charge is -2.46. The van der Waals surface area contributed by atoms with Gasteiger partial charge in [0.2, 0.25) is 0 Å². The molecule has 0 saturated heterocycles. The summed E-state index contributed by atoms with van der Waals surface area (Å²) in [4.78, 5) is 0. The first kappa shape index (κ1) is 22.6. The van der Waals surface area contributed by atoms with E-state index in [2.05, 4.69) is 75.3 Å². The van der Waals surface area contributed by atoms with Crippen LogP contribution in [0.15, 0.2) is 30.3 Å². The maximum Gasteiger partial charge on any atom is 0.334 e. The van der Waals surface area contributed by atoms with Crippen molar-refractivity contribution in [1.29, 1.82) is 0 Å². The smallest absolute Gasteiger partial charge is 0.334 e. The molecule has 0 amide bonds. The summed E-state index contributed by atoms with van der Waals surface area (Å²) in [6, 6.07) is 12.0. The maximum atomic E-state index is 5.62. The zero-order chi connectivity index (χ0) is 19.1. The predicted octanol–water partition coefficient (Wildman–Crippen LogP) is 5.64. The lowest BCUT2D eigenvalue weighted by atomic mass is 10.2. The highest BCUT2D eigenvalue weighted by atomic mass is 28.4. The third-order valence-corrected chi connectivity index (χ3v) is 14.6. The minimum absolute atomic E-state index is 0.351. The van der Waals surface area contributed by atoms with Crippen LogP contribution in [0.1, 0.15) is 39.2 Å². The molecule has 0 N–H and O–H groups in total. The first-order chi connectivity index (χ1) is 11.6. The van der Waals surface area contributed by atoms with Gasteiger partial charge in [0.15, 0.2) is 0 Å². The Balaban J connectivity index is 2.75. The monoisotopic (exact) mass is 381 g/mol. The number of hydrogen-bond donors (Lipinski definition) is 0. The Morgan fingerprint density at radius 1 is 0.920 bits per heavy atom. The topological polar surface area (TPSA) is 21.7 Å². The van der Waals surface area contributed by atoms with Gasteiger partial charge >= 0.3 is 8.56 Å². The Kier molecular flexibility index (Phi) is 8.55. The molecule has 25 heavy (non-hydrogen) atoms. The van der Waals surface area contributed by atoms with Crippen molar-refractivity contribution in [3.8, 4) is 0 Å². The summed E-state index contributed by atoms with van der Waals surface area (Å²) in [5, 5.41) is 0.351. The Morgan fingerprint density at radius 3 is 1.96 bits per heavy atom. The molecule has 0 aliphatic rings. The molecule has 0 unspecified atom stereocenters. The highest BCUT2D eigenvalue weighted by molar-refractivity contribution is 6.77. The van der Waals surface area contributed by atoms with Crippen LogP contribution in [-0.4, -0.2) is 42.1 Å². The van der Waals surface area contributed by atoms with Gasteiger partial charge in [-0.1, -0.05) is 70.6 Å². The lowest BCUT2D eigenvalue weighted by molar-refractivity contribution is 0.247. The van der Waals surface area contributed by atoms with Crippen LogP contribution in [0.3, 0.4) is 0 Å². The van der Waals surface area contributed by atoms with E-state index in [-0.39, 0.29) is 0 Å². The van der Waals surface area contributed by atoms with Crippen LogP contribution in [0, 0.1) is 0 Å². The van der Waals surface area contributed by atoms with Gasteiger partial charge in [-0.2, -0.15) is 0 Å². The average Bonchev–Trinajstić information content (AvgIpc) is 2.57. The standard InChI is InChI=1S/C20H39NO2Si2/c1-20(2,3)24(6,7)21(18-19-14-10-9-11-15-19)16-12-13-17-25(8,22-4)23-5/h9-11,14-15H,12-13,16-18H2,1-8H3. The summed E-state index contributed by atoms with van der Waals surface area (Å²) >= 11 is 0. The van der Waals surface area contributed by atoms with Crippen molar-refractivity contribution in [2.24, 2.45) is 0 Å². The number of unbranched alkanes of at least 4 members (excludes halogenated alkanes) is 1. The molecule has 3 nitrogen and oxygen atoms in total. The van der Waals surface area contributed by atoms with Crippen LogP contribution in [0.2, 0.25) is 30.7 Å². The summed E-state index contributed by atoms with van der Waals surface area (Å²) in [6.07, 6.45) is 2.37. The molecule has 0 aliphatic heterocycles. The molecule has 144 valence electrons. The third-order valence-electron chi connectivity index (χ3n) is 6.01. The molecule has 5 heteroatoms. The van der Waals surface area contributed by atoms with Gasteiger partial charge in [-0.3, -0.25) is 0 Å². The molecule has 0 aromatic heterocycles. The molecule has 1 aromatic rings. The molecule has 1 rings (SSSR count). The summed E-state index contributed by atoms with van der Waals surface area (Å²) in [7, 11) is 0.0889. The molecule has 0 heterocycles. The molecule has 0 aliphatic carbocycles. The van der Waals surface area contributed by atoms with Crippen LogP contribution < -0.4 is 0 Å². The van der Waals surface area contributed by atoms with Crippen molar-refractivity contribution in [3.05, 3.63) is 35.9 Å². The van der Waals surface area contributed by atoms with E-state index < -0.39 is 16.8 Å². The summed E-state index contributed by atoms with van der Waals surface area (Å²) in [5.74, 6) is 0. The summed E-state index contributed by atoms with van der Waals surface area (Å²) < 4.78 is 14.0. The number of benzene rings is 1. The molecular weight excluding hydrogens is 342 g/mol. The number of rotatable bonds is 10. The molecule has 0 spiro atoms. The first-order valence-corrected chi connectivity index (χ1v) is 14.9. The van der Waals surface area contributed by atoms with Crippen LogP contribution >= 0.6 is 0 Å². The van der Waals surface area contributed by atoms with Gasteiger partial charge in [-0.25, -0.2) is 0 Å². The van der Waals surface area contributed by atoms with Crippen molar-refractivity contribution in [2.45, 2.75) is 70.9 Å². The normalized spacial score (nSPS) is 13.5. The van der Waals surface area contributed by atoms with E-state index in [1.807, 2.05) is 0 Å². The predicted molar refractivity (Wildman–Crippen MR) is 114 cm³/mol. The number of nitrogens with zero attached hydrogens (tertiary/aromatic N) is 1. The second-order valence-electron chi connectivity index (χ2n) is 8.72. The fraction of sp³-hybridized carbons (Fsp3) is 0.700. The highest BCUT2D eigenvalue weighted by Gasteiger charge is 2.40. The molecule has 0 atom stereocenters. The second-order valence-corrected chi connectivity index (χ2v) is 17.5. The van der Waals surface area contributed by atoms with Gasteiger partial charge < -0.3 is 13.4 Å². The highest BCUT2D eigenvalue weighted by Crippen LogP contribution is 2.39. The Bertz CT molecular complexity index is 496. The van der Waals surface area contributed by atoms with E-state index in [0.29, 0.717) is 5.04 Å². The minimum Gasteiger partial charge on any atom is -0.398 e. The van der Waals surface area contributed by atoms with E-state index in [4.69, 9.17) is 8.85 Å². The van der Waals surface area contributed by atoms with Crippen molar-refractivity contribution in [3.63, 3.8) is 0 Å². The molecule has 1 aromatic carbocycles. The Hall–Kier alpha value is -0.466. The van der Waals surface area contributed by atoms with Gasteiger partial charge in [-0.15, -0.1) is 0 Å². The fourth-order valence-corrected chi connectivity index (χ4v) is 6.58. The van der Waals surface area contributed by atoms with Crippen LogP contribution in [0.4, 0.5) is 0 Å². The van der Waals surface area contributed by atoms with Gasteiger partial charge in [0.05, 0.1) is 0 Å². The molecule has 0 radical (unpaired) electrons. The van der Waals surface area contributed by atoms with Crippen molar-refractivity contribution in [2.75, 3.05) is 20.8 Å². The van der Waals surface area contributed by atoms with Crippen molar-refractivity contribution < 1.29 is 8.85 Å². The number of hydrogen-bond acceptors (Lipinski definition) is 3. The lowest BCUT2D eigenvalue weighted by Crippen LogP contribution is -2.54. The molecular formula is C20H39NO2Si2. The van der Waals surface area contributed by atoms with E-state index in [9.17, 15) is 0 Å². The molecule has 0 bridgehead atoms. The SMILES string of the molecule is CO[Si](C)(CCCCN(Cc1ccccc1)[Si](C)(C)C(C)(C)C)OC. The average molecular weight is 382 g/mol. The van der Waals surface area contributed by atoms with E-state index in [0.717, 1.165) is 19.1 Å². The fourth-order valence-electron chi connectivity index (χ4n) is 2.87. The zero-order valence-corrected chi connectivity index (χ0v) is 19.7. The van der Waals surface area contributed by atoms with E-state index in [1.54, 1.807) is 14.2 Å². The minimum atomic E-state index is -1.93. The zero-order valence-electron chi connectivity index (χ0n) is 17.7. The van der Waals surface area contributed by atoms with Crippen LogP contribution in [0.25, 0.3) is 0 Å². The Morgan fingerprint density at radius 2 is 1.48 bits per heavy atom. The largest absolute Gasteiger partial charge is 0.398 e. The Labute approximate surface area is 158 Å². The maximum absolute atomic E-state index is 5.62. The second kappa shape index (κ2) is 9.46. The van der Waals surface area contributed by atoms with Gasteiger partial charge in [0, 0.05) is 20.8 Å². The molecule has 0 fully saturated rings. The summed E-state index contributed by atoms with van der Waals surface area (Å²) in [5.41, 5.74) is 1.42. The van der Waals surface area contributed by atoms with Gasteiger partial charge in [0.25, 0.3) is 0 Å². The third kappa shape index (κ3) is 6.64. The van der Waals surface area contributed by atoms with Crippen LogP contribution in [-0.2, 0) is 15.4 Å². The molecule has 0 saturated carbocycles. The van der Waals surface area contributed by atoms with E-state index in [1.165, 1.54) is 18.4 Å². The summed E-state index contributed by atoms with van der Waals surface area (Å²) in [6.45, 7) is 16.6. The first-order valence-electron chi connectivity index (χ1n) is 9.45.